The van der Waals surface area contributed by atoms with Gasteiger partial charge in [0.2, 0.25) is 0 Å². The van der Waals surface area contributed by atoms with Crippen molar-refractivity contribution in [2.24, 2.45) is 0 Å². The number of ether oxygens (including phenoxy) is 2. The minimum absolute atomic E-state index is 0.0553. The molecule has 0 radical (unpaired) electrons. The molecule has 0 aliphatic rings. The van der Waals surface area contributed by atoms with Gasteiger partial charge < -0.3 is 24.0 Å². The maximum absolute atomic E-state index is 12.2. The van der Waals surface area contributed by atoms with Crippen molar-refractivity contribution in [1.82, 2.24) is 9.97 Å². The number of nitrogens with zero attached hydrogens (tertiary/aromatic N) is 1. The van der Waals surface area contributed by atoms with Gasteiger partial charge in [-0.2, -0.15) is 0 Å². The molecule has 4 aromatic carbocycles. The monoisotopic (exact) mass is 858 g/mol. The van der Waals surface area contributed by atoms with Crippen LogP contribution in [0.2, 0.25) is 5.04 Å². The molecule has 0 aliphatic heterocycles. The van der Waals surface area contributed by atoms with E-state index in [2.05, 4.69) is 124 Å². The zero-order valence-electron chi connectivity index (χ0n) is 26.3. The first-order valence-electron chi connectivity index (χ1n) is 15.3. The Kier molecular flexibility index (Phi) is 12.3. The predicted molar refractivity (Wildman–Crippen MR) is 203 cm³/mol. The minimum Gasteiger partial charge on any atom is -0.405 e. The summed E-state index contributed by atoms with van der Waals surface area (Å²) < 4.78 is 22.0. The number of aromatic nitrogens is 2. The normalized spacial score (nSPS) is 14.1. The van der Waals surface area contributed by atoms with E-state index >= 15 is 0 Å². The Morgan fingerprint density at radius 3 is 1.61 bits per heavy atom. The molecular weight excluding hydrogens is 818 g/mol. The molecule has 3 atom stereocenters. The summed E-state index contributed by atoms with van der Waals surface area (Å²) >= 11 is 4.39. The first kappa shape index (κ1) is 34.9. The molecule has 2 N–H and O–H groups in total. The molecule has 0 amide bonds. The van der Waals surface area contributed by atoms with Crippen LogP contribution in [-0.2, 0) is 27.1 Å². The standard InChI is InChI=1S/C37H40I2N2O4Si/c1-37(2,3)46(29-20-12-6-13-21-29,30-22-14-7-15-23-30)45-26-31(42)33(43-24-27-16-8-4-9-17-27)34(32-35(38)41-36(39)40-32)44-25-28-18-10-5-11-19-28/h4-23,31,33-34,42H,24-26H2,1-3H3,(H,40,41)/t31-,33+,34+/m1/s1. The van der Waals surface area contributed by atoms with E-state index in [0.29, 0.717) is 13.2 Å². The Hall–Kier alpha value is -2.39. The van der Waals surface area contributed by atoms with Gasteiger partial charge in [-0.25, -0.2) is 4.98 Å². The van der Waals surface area contributed by atoms with Crippen LogP contribution in [0.4, 0.5) is 0 Å². The summed E-state index contributed by atoms with van der Waals surface area (Å²) in [6.07, 6.45) is -2.45. The Morgan fingerprint density at radius 1 is 0.717 bits per heavy atom. The third-order valence-corrected chi connectivity index (χ3v) is 14.4. The number of halogens is 2. The molecule has 0 unspecified atom stereocenters. The maximum atomic E-state index is 12.2. The molecule has 240 valence electrons. The molecule has 0 aliphatic carbocycles. The molecule has 46 heavy (non-hydrogen) atoms. The fourth-order valence-corrected chi connectivity index (χ4v) is 12.1. The number of hydrogen-bond acceptors (Lipinski definition) is 5. The molecule has 0 fully saturated rings. The summed E-state index contributed by atoms with van der Waals surface area (Å²) in [5.41, 5.74) is 2.79. The third-order valence-electron chi connectivity index (χ3n) is 8.06. The van der Waals surface area contributed by atoms with E-state index < -0.39 is 26.6 Å². The Morgan fingerprint density at radius 2 is 1.17 bits per heavy atom. The van der Waals surface area contributed by atoms with Crippen LogP contribution in [0.25, 0.3) is 0 Å². The summed E-state index contributed by atoms with van der Waals surface area (Å²) in [5.74, 6) is 0. The van der Waals surface area contributed by atoms with Crippen molar-refractivity contribution in [1.29, 1.82) is 0 Å². The van der Waals surface area contributed by atoms with Crippen LogP contribution in [0.1, 0.15) is 43.7 Å². The second kappa shape index (κ2) is 16.1. The van der Waals surface area contributed by atoms with Gasteiger partial charge >= 0.3 is 0 Å². The summed E-state index contributed by atoms with van der Waals surface area (Å²) in [5, 5.41) is 14.2. The van der Waals surface area contributed by atoms with Gasteiger partial charge in [0.1, 0.15) is 22.0 Å². The highest BCUT2D eigenvalue weighted by Gasteiger charge is 2.51. The molecule has 0 saturated carbocycles. The zero-order chi connectivity index (χ0) is 32.6. The molecule has 0 saturated heterocycles. The average molecular weight is 859 g/mol. The third kappa shape index (κ3) is 8.36. The van der Waals surface area contributed by atoms with E-state index in [1.807, 2.05) is 72.8 Å². The van der Waals surface area contributed by atoms with Gasteiger partial charge in [-0.05, 0) is 71.7 Å². The molecule has 0 bridgehead atoms. The lowest BCUT2D eigenvalue weighted by molar-refractivity contribution is -0.143. The number of aromatic amines is 1. The second-order valence-corrected chi connectivity index (χ2v) is 18.6. The zero-order valence-corrected chi connectivity index (χ0v) is 31.6. The number of hydrogen-bond donors (Lipinski definition) is 2. The van der Waals surface area contributed by atoms with Gasteiger partial charge in [-0.3, -0.25) is 0 Å². The van der Waals surface area contributed by atoms with Gasteiger partial charge in [0.25, 0.3) is 8.32 Å². The maximum Gasteiger partial charge on any atom is 0.261 e. The summed E-state index contributed by atoms with van der Waals surface area (Å²) in [6.45, 7) is 7.39. The summed E-state index contributed by atoms with van der Waals surface area (Å²) in [6, 6.07) is 40.9. The van der Waals surface area contributed by atoms with Crippen molar-refractivity contribution < 1.29 is 19.0 Å². The van der Waals surface area contributed by atoms with Crippen molar-refractivity contribution >= 4 is 63.9 Å². The smallest absolute Gasteiger partial charge is 0.261 e. The highest BCUT2D eigenvalue weighted by Crippen LogP contribution is 2.38. The fraction of sp³-hybridized carbons (Fsp3) is 0.270. The highest BCUT2D eigenvalue weighted by atomic mass is 127. The molecule has 6 nitrogen and oxygen atoms in total. The molecule has 5 rings (SSSR count). The summed E-state index contributed by atoms with van der Waals surface area (Å²) in [7, 11) is -2.92. The van der Waals surface area contributed by atoms with Gasteiger partial charge in [-0.1, -0.05) is 142 Å². The molecule has 1 heterocycles. The van der Waals surface area contributed by atoms with E-state index in [-0.39, 0.29) is 11.6 Å². The Balaban J connectivity index is 1.52. The number of H-pyrrole nitrogens is 1. The number of aliphatic hydroxyl groups excluding tert-OH is 1. The van der Waals surface area contributed by atoms with Gasteiger partial charge in [0, 0.05) is 0 Å². The van der Waals surface area contributed by atoms with Crippen LogP contribution in [0.5, 0.6) is 0 Å². The van der Waals surface area contributed by atoms with Crippen molar-refractivity contribution in [3.8, 4) is 0 Å². The van der Waals surface area contributed by atoms with E-state index in [1.54, 1.807) is 0 Å². The number of benzene rings is 4. The lowest BCUT2D eigenvalue weighted by atomic mass is 10.1. The van der Waals surface area contributed by atoms with E-state index in [0.717, 1.165) is 34.7 Å². The van der Waals surface area contributed by atoms with Crippen molar-refractivity contribution in [2.45, 2.75) is 57.3 Å². The van der Waals surface area contributed by atoms with E-state index in [1.165, 1.54) is 0 Å². The first-order chi connectivity index (χ1) is 22.2. The van der Waals surface area contributed by atoms with Crippen molar-refractivity contribution in [3.63, 3.8) is 0 Å². The largest absolute Gasteiger partial charge is 0.405 e. The SMILES string of the molecule is CC(C)(C)[Si](OC[C@@H](O)[C@H](OCc1ccccc1)[C@@H](OCc1ccccc1)c1[nH]c(I)nc1I)(c1ccccc1)c1ccccc1. The first-order valence-corrected chi connectivity index (χ1v) is 19.4. The molecule has 0 spiro atoms. The molecule has 9 heteroatoms. The van der Waals surface area contributed by atoms with Gasteiger partial charge in [0.15, 0.2) is 3.83 Å². The summed E-state index contributed by atoms with van der Waals surface area (Å²) in [4.78, 5) is 8.00. The quantitative estimate of drug-likeness (QED) is 0.0901. The number of rotatable bonds is 14. The van der Waals surface area contributed by atoms with Crippen LogP contribution in [0.15, 0.2) is 121 Å². The van der Waals surface area contributed by atoms with Crippen molar-refractivity contribution in [2.75, 3.05) is 6.61 Å². The highest BCUT2D eigenvalue weighted by molar-refractivity contribution is 14.1. The number of imidazole rings is 1. The van der Waals surface area contributed by atoms with Crippen LogP contribution in [0.3, 0.4) is 0 Å². The van der Waals surface area contributed by atoms with Crippen LogP contribution < -0.4 is 10.4 Å². The van der Waals surface area contributed by atoms with Gasteiger partial charge in [-0.15, -0.1) is 0 Å². The Labute approximate surface area is 300 Å². The number of aliphatic hydroxyl groups is 1. The Bertz CT molecular complexity index is 1590. The van der Waals surface area contributed by atoms with Gasteiger partial charge in [0.05, 0.1) is 25.5 Å². The van der Waals surface area contributed by atoms with E-state index in [9.17, 15) is 5.11 Å². The lowest BCUT2D eigenvalue weighted by Gasteiger charge is -2.44. The molecule has 5 aromatic rings. The fourth-order valence-electron chi connectivity index (χ4n) is 5.86. The predicted octanol–water partition coefficient (Wildman–Crippen LogP) is 7.40. The molecule has 1 aromatic heterocycles. The van der Waals surface area contributed by atoms with E-state index in [4.69, 9.17) is 13.9 Å². The topological polar surface area (TPSA) is 76.6 Å². The van der Waals surface area contributed by atoms with Crippen LogP contribution >= 0.6 is 45.2 Å². The molecular formula is C37H40I2N2O4Si. The van der Waals surface area contributed by atoms with Crippen molar-refractivity contribution in [3.05, 3.63) is 146 Å². The minimum atomic E-state index is -2.92. The lowest BCUT2D eigenvalue weighted by Crippen LogP contribution is -2.67. The average Bonchev–Trinajstić information content (AvgIpc) is 3.41. The number of nitrogens with one attached hydrogen (secondary N) is 1. The van der Waals surface area contributed by atoms with Crippen LogP contribution in [0, 0.1) is 7.53 Å². The van der Waals surface area contributed by atoms with Crippen LogP contribution in [-0.4, -0.2) is 42.2 Å². The second-order valence-electron chi connectivity index (χ2n) is 12.3.